The van der Waals surface area contributed by atoms with Crippen LogP contribution < -0.4 is 10.6 Å². The first-order chi connectivity index (χ1) is 8.54. The average molecular weight is 264 g/mol. The van der Waals surface area contributed by atoms with E-state index in [9.17, 15) is 4.79 Å². The summed E-state index contributed by atoms with van der Waals surface area (Å²) in [6.07, 6.45) is 2.41. The van der Waals surface area contributed by atoms with Crippen LogP contribution in [0.4, 0.5) is 5.69 Å². The van der Waals surface area contributed by atoms with Gasteiger partial charge in [0.2, 0.25) is 5.91 Å². The monoisotopic (exact) mass is 264 g/mol. The summed E-state index contributed by atoms with van der Waals surface area (Å²) in [6, 6.07) is 6.02. The van der Waals surface area contributed by atoms with Crippen molar-refractivity contribution in [1.82, 2.24) is 5.32 Å². The number of carbonyl (C=O) groups is 1. The fourth-order valence-electron chi connectivity index (χ4n) is 1.68. The molecule has 1 aromatic rings. The first-order valence-electron chi connectivity index (χ1n) is 6.21. The summed E-state index contributed by atoms with van der Waals surface area (Å²) >= 11 is 5.14. The first-order valence-corrected chi connectivity index (χ1v) is 6.62. The molecule has 0 bridgehead atoms. The predicted molar refractivity (Wildman–Crippen MR) is 79.8 cm³/mol. The number of anilines is 1. The number of thiocarbonyl (C=S) groups is 1. The van der Waals surface area contributed by atoms with Gasteiger partial charge in [0.25, 0.3) is 0 Å². The molecular weight excluding hydrogens is 244 g/mol. The van der Waals surface area contributed by atoms with Crippen LogP contribution in [-0.2, 0) is 4.79 Å². The lowest BCUT2D eigenvalue weighted by atomic mass is 10.1. The molecule has 0 aliphatic carbocycles. The Hall–Kier alpha value is -1.42. The number of nitrogens with one attached hydrogen (secondary N) is 2. The number of rotatable bonds is 4. The second-order valence-corrected chi connectivity index (χ2v) is 4.78. The molecule has 0 heterocycles. The maximum absolute atomic E-state index is 11.5. The highest BCUT2D eigenvalue weighted by Crippen LogP contribution is 2.19. The van der Waals surface area contributed by atoms with Crippen LogP contribution in [0.5, 0.6) is 0 Å². The number of unbranched alkanes of at least 4 members (excludes halogenated alkanes) is 1. The largest absolute Gasteiger partial charge is 0.332 e. The van der Waals surface area contributed by atoms with Crippen LogP contribution in [0.2, 0.25) is 0 Å². The van der Waals surface area contributed by atoms with Gasteiger partial charge in [-0.2, -0.15) is 0 Å². The van der Waals surface area contributed by atoms with Gasteiger partial charge < -0.3 is 10.6 Å². The molecule has 1 rings (SSSR count). The van der Waals surface area contributed by atoms with Gasteiger partial charge in [0.1, 0.15) is 0 Å². The zero-order chi connectivity index (χ0) is 13.5. The molecule has 3 nitrogen and oxygen atoms in total. The van der Waals surface area contributed by atoms with Crippen molar-refractivity contribution in [1.29, 1.82) is 0 Å². The maximum atomic E-state index is 11.5. The zero-order valence-electron chi connectivity index (χ0n) is 11.2. The van der Waals surface area contributed by atoms with Crippen molar-refractivity contribution in [3.63, 3.8) is 0 Å². The number of benzene rings is 1. The van der Waals surface area contributed by atoms with Crippen LogP contribution in [0.15, 0.2) is 18.2 Å². The Labute approximate surface area is 114 Å². The lowest BCUT2D eigenvalue weighted by molar-refractivity contribution is -0.119. The minimum atomic E-state index is -0.0272. The third-order valence-electron chi connectivity index (χ3n) is 2.73. The van der Waals surface area contributed by atoms with Crippen molar-refractivity contribution < 1.29 is 4.79 Å². The second-order valence-electron chi connectivity index (χ2n) is 4.37. The minimum absolute atomic E-state index is 0.0272. The Bertz CT molecular complexity index is 423. The molecule has 2 N–H and O–H groups in total. The van der Waals surface area contributed by atoms with Crippen LogP contribution >= 0.6 is 12.2 Å². The van der Waals surface area contributed by atoms with E-state index in [0.717, 1.165) is 29.7 Å². The lowest BCUT2D eigenvalue weighted by Crippen LogP contribution is -2.34. The van der Waals surface area contributed by atoms with Gasteiger partial charge in [-0.1, -0.05) is 31.5 Å². The number of hydrogen-bond acceptors (Lipinski definition) is 2. The van der Waals surface area contributed by atoms with Crippen molar-refractivity contribution in [2.24, 2.45) is 0 Å². The van der Waals surface area contributed by atoms with E-state index in [1.165, 1.54) is 0 Å². The van der Waals surface area contributed by atoms with Crippen LogP contribution in [-0.4, -0.2) is 11.0 Å². The van der Waals surface area contributed by atoms with E-state index in [1.54, 1.807) is 0 Å². The fraction of sp³-hybridized carbons (Fsp3) is 0.429. The van der Waals surface area contributed by atoms with E-state index in [1.807, 2.05) is 32.0 Å². The number of aryl methyl sites for hydroxylation is 2. The van der Waals surface area contributed by atoms with Crippen molar-refractivity contribution in [2.75, 3.05) is 5.32 Å². The summed E-state index contributed by atoms with van der Waals surface area (Å²) < 4.78 is 0. The second kappa shape index (κ2) is 7.11. The van der Waals surface area contributed by atoms with Gasteiger partial charge >= 0.3 is 0 Å². The zero-order valence-corrected chi connectivity index (χ0v) is 12.0. The summed E-state index contributed by atoms with van der Waals surface area (Å²) in [5.41, 5.74) is 3.19. The smallest absolute Gasteiger partial charge is 0.226 e. The van der Waals surface area contributed by atoms with E-state index in [-0.39, 0.29) is 5.91 Å². The Kier molecular flexibility index (Phi) is 5.78. The van der Waals surface area contributed by atoms with Crippen LogP contribution in [0.1, 0.15) is 37.3 Å². The average Bonchev–Trinajstić information content (AvgIpc) is 2.31. The van der Waals surface area contributed by atoms with Crippen LogP contribution in [0, 0.1) is 13.8 Å². The van der Waals surface area contributed by atoms with Crippen LogP contribution in [0.3, 0.4) is 0 Å². The van der Waals surface area contributed by atoms with Gasteiger partial charge in [-0.15, -0.1) is 0 Å². The fourth-order valence-corrected chi connectivity index (χ4v) is 1.90. The molecule has 1 amide bonds. The van der Waals surface area contributed by atoms with Crippen molar-refractivity contribution in [3.05, 3.63) is 29.3 Å². The molecule has 0 aliphatic heterocycles. The quantitative estimate of drug-likeness (QED) is 0.820. The molecule has 0 radical (unpaired) electrons. The predicted octanol–water partition coefficient (Wildman–Crippen LogP) is 3.31. The summed E-state index contributed by atoms with van der Waals surface area (Å²) in [7, 11) is 0. The molecule has 0 aromatic heterocycles. The number of hydrogen-bond donors (Lipinski definition) is 2. The maximum Gasteiger partial charge on any atom is 0.226 e. The van der Waals surface area contributed by atoms with Gasteiger partial charge in [0.15, 0.2) is 5.11 Å². The lowest BCUT2D eigenvalue weighted by Gasteiger charge is -2.13. The molecule has 0 atom stereocenters. The molecule has 1 aromatic carbocycles. The standard InChI is InChI=1S/C14H20N2OS/c1-4-5-9-12(17)15-14(18)16-13-10(2)7-6-8-11(13)3/h6-8H,4-5,9H2,1-3H3,(H2,15,16,17,18). The molecule has 98 valence electrons. The molecule has 0 aliphatic rings. The highest BCUT2D eigenvalue weighted by atomic mass is 32.1. The number of amides is 1. The van der Waals surface area contributed by atoms with E-state index in [0.29, 0.717) is 11.5 Å². The summed E-state index contributed by atoms with van der Waals surface area (Å²) in [4.78, 5) is 11.5. The number of carbonyl (C=O) groups excluding carboxylic acids is 1. The van der Waals surface area contributed by atoms with Gasteiger partial charge in [0, 0.05) is 12.1 Å². The topological polar surface area (TPSA) is 41.1 Å². The molecule has 0 saturated carbocycles. The van der Waals surface area contributed by atoms with Crippen molar-refractivity contribution >= 4 is 28.9 Å². The van der Waals surface area contributed by atoms with Crippen molar-refractivity contribution in [3.8, 4) is 0 Å². The van der Waals surface area contributed by atoms with E-state index >= 15 is 0 Å². The van der Waals surface area contributed by atoms with Gasteiger partial charge in [-0.3, -0.25) is 4.79 Å². The number of para-hydroxylation sites is 1. The first kappa shape index (κ1) is 14.6. The Morgan fingerprint density at radius 3 is 2.44 bits per heavy atom. The normalized spacial score (nSPS) is 9.94. The SMILES string of the molecule is CCCCC(=O)NC(=S)Nc1c(C)cccc1C. The van der Waals surface area contributed by atoms with Crippen molar-refractivity contribution in [2.45, 2.75) is 40.0 Å². The summed E-state index contributed by atoms with van der Waals surface area (Å²) in [5.74, 6) is -0.0272. The third-order valence-corrected chi connectivity index (χ3v) is 2.93. The van der Waals surface area contributed by atoms with Gasteiger partial charge in [-0.05, 0) is 43.6 Å². The Morgan fingerprint density at radius 2 is 1.89 bits per heavy atom. The van der Waals surface area contributed by atoms with E-state index < -0.39 is 0 Å². The highest BCUT2D eigenvalue weighted by molar-refractivity contribution is 7.80. The third kappa shape index (κ3) is 4.45. The molecule has 0 spiro atoms. The van der Waals surface area contributed by atoms with E-state index in [4.69, 9.17) is 12.2 Å². The van der Waals surface area contributed by atoms with Gasteiger partial charge in [0.05, 0.1) is 0 Å². The van der Waals surface area contributed by atoms with E-state index in [2.05, 4.69) is 17.6 Å². The minimum Gasteiger partial charge on any atom is -0.332 e. The molecular formula is C14H20N2OS. The molecule has 0 unspecified atom stereocenters. The Balaban J connectivity index is 2.57. The molecule has 18 heavy (non-hydrogen) atoms. The van der Waals surface area contributed by atoms with Gasteiger partial charge in [-0.25, -0.2) is 0 Å². The van der Waals surface area contributed by atoms with Crippen LogP contribution in [0.25, 0.3) is 0 Å². The molecule has 4 heteroatoms. The summed E-state index contributed by atoms with van der Waals surface area (Å²) in [6.45, 7) is 6.08. The summed E-state index contributed by atoms with van der Waals surface area (Å²) in [5, 5.41) is 6.15. The molecule has 0 saturated heterocycles. The highest BCUT2D eigenvalue weighted by Gasteiger charge is 2.07. The molecule has 0 fully saturated rings. The Morgan fingerprint density at radius 1 is 1.28 bits per heavy atom.